The fourth-order valence-electron chi connectivity index (χ4n) is 2.20. The van der Waals surface area contributed by atoms with Gasteiger partial charge in [0.25, 0.3) is 0 Å². The Kier molecular flexibility index (Phi) is 2.66. The molecule has 1 aromatic carbocycles. The number of rotatable bonds is 3. The van der Waals surface area contributed by atoms with Crippen LogP contribution in [0.1, 0.15) is 30.4 Å². The van der Waals surface area contributed by atoms with E-state index in [1.165, 1.54) is 6.07 Å². The predicted octanol–water partition coefficient (Wildman–Crippen LogP) is 3.29. The van der Waals surface area contributed by atoms with Crippen LogP contribution in [-0.4, -0.2) is 11.1 Å². The van der Waals surface area contributed by atoms with Gasteiger partial charge < -0.3 is 5.11 Å². The van der Waals surface area contributed by atoms with Gasteiger partial charge >= 0.3 is 5.97 Å². The lowest BCUT2D eigenvalue weighted by molar-refractivity contribution is -0.137. The second-order valence-corrected chi connectivity index (χ2v) is 4.84. The Morgan fingerprint density at radius 2 is 2.19 bits per heavy atom. The quantitative estimate of drug-likeness (QED) is 0.883. The Morgan fingerprint density at radius 1 is 1.56 bits per heavy atom. The van der Waals surface area contributed by atoms with E-state index in [1.54, 1.807) is 6.07 Å². The lowest BCUT2D eigenvalue weighted by Crippen LogP contribution is -2.14. The summed E-state index contributed by atoms with van der Waals surface area (Å²) in [6.07, 6.45) is 1.68. The Morgan fingerprint density at radius 3 is 2.69 bits per heavy atom. The van der Waals surface area contributed by atoms with Gasteiger partial charge in [0.15, 0.2) is 0 Å². The first-order chi connectivity index (χ1) is 7.44. The first kappa shape index (κ1) is 11.4. The number of halogens is 2. The smallest absolute Gasteiger partial charge is 0.304 e. The fraction of sp³-hybridized carbons (Fsp3) is 0.417. The molecule has 4 heteroatoms. The van der Waals surface area contributed by atoms with Crippen molar-refractivity contribution in [2.24, 2.45) is 0 Å². The monoisotopic (exact) mass is 242 g/mol. The molecule has 1 saturated carbocycles. The van der Waals surface area contributed by atoms with E-state index in [0.29, 0.717) is 0 Å². The van der Waals surface area contributed by atoms with Gasteiger partial charge in [-0.15, -0.1) is 0 Å². The molecule has 0 heterocycles. The molecule has 2 nitrogen and oxygen atoms in total. The van der Waals surface area contributed by atoms with Crippen molar-refractivity contribution in [1.29, 1.82) is 0 Å². The number of aryl methyl sites for hydroxylation is 1. The van der Waals surface area contributed by atoms with Gasteiger partial charge in [-0.25, -0.2) is 4.39 Å². The summed E-state index contributed by atoms with van der Waals surface area (Å²) in [5.41, 5.74) is 1.29. The molecule has 0 bridgehead atoms. The minimum atomic E-state index is -0.841. The first-order valence-electron chi connectivity index (χ1n) is 5.12. The van der Waals surface area contributed by atoms with Gasteiger partial charge in [-0.3, -0.25) is 4.79 Å². The zero-order valence-corrected chi connectivity index (χ0v) is 9.64. The van der Waals surface area contributed by atoms with Crippen molar-refractivity contribution in [1.82, 2.24) is 0 Å². The number of carbonyl (C=O) groups is 1. The Balaban J connectivity index is 2.41. The van der Waals surface area contributed by atoms with E-state index in [0.717, 1.165) is 24.0 Å². The van der Waals surface area contributed by atoms with Gasteiger partial charge in [-0.05, 0) is 43.0 Å². The number of carboxylic acid groups (broad SMARTS) is 1. The summed E-state index contributed by atoms with van der Waals surface area (Å²) in [4.78, 5) is 10.8. The van der Waals surface area contributed by atoms with Gasteiger partial charge in [-0.1, -0.05) is 11.6 Å². The minimum Gasteiger partial charge on any atom is -0.481 e. The van der Waals surface area contributed by atoms with Crippen molar-refractivity contribution in [2.45, 2.75) is 31.6 Å². The van der Waals surface area contributed by atoms with Crippen LogP contribution >= 0.6 is 11.6 Å². The van der Waals surface area contributed by atoms with Crippen LogP contribution in [0.2, 0.25) is 5.02 Å². The zero-order valence-electron chi connectivity index (χ0n) is 8.89. The van der Waals surface area contributed by atoms with Gasteiger partial charge in [0, 0.05) is 5.41 Å². The third-order valence-electron chi connectivity index (χ3n) is 3.18. The predicted molar refractivity (Wildman–Crippen MR) is 59.3 cm³/mol. The molecule has 0 aliphatic heterocycles. The molecule has 0 spiro atoms. The van der Waals surface area contributed by atoms with Crippen LogP contribution in [0.4, 0.5) is 4.39 Å². The Labute approximate surface area is 98.0 Å². The summed E-state index contributed by atoms with van der Waals surface area (Å²) in [5.74, 6) is -1.31. The summed E-state index contributed by atoms with van der Waals surface area (Å²) in [7, 11) is 0. The molecule has 1 aliphatic carbocycles. The molecule has 0 atom stereocenters. The number of hydrogen-bond acceptors (Lipinski definition) is 1. The van der Waals surface area contributed by atoms with Crippen LogP contribution in [0.15, 0.2) is 12.1 Å². The molecule has 0 aromatic heterocycles. The SMILES string of the molecule is Cc1cc(Cl)c(F)cc1C1(CC(=O)O)CC1. The molecule has 0 unspecified atom stereocenters. The first-order valence-corrected chi connectivity index (χ1v) is 5.50. The molecule has 0 radical (unpaired) electrons. The molecule has 0 amide bonds. The van der Waals surface area contributed by atoms with E-state index in [9.17, 15) is 9.18 Å². The fourth-order valence-corrected chi connectivity index (χ4v) is 2.42. The molecular weight excluding hydrogens is 231 g/mol. The molecule has 2 rings (SSSR count). The van der Waals surface area contributed by atoms with Crippen LogP contribution in [-0.2, 0) is 10.2 Å². The molecular formula is C12H12ClFO2. The Hall–Kier alpha value is -1.09. The maximum absolute atomic E-state index is 13.4. The molecule has 86 valence electrons. The van der Waals surface area contributed by atoms with Gasteiger partial charge in [0.05, 0.1) is 11.4 Å². The van der Waals surface area contributed by atoms with Crippen molar-refractivity contribution >= 4 is 17.6 Å². The summed E-state index contributed by atoms with van der Waals surface area (Å²) < 4.78 is 13.4. The van der Waals surface area contributed by atoms with Crippen molar-refractivity contribution in [3.05, 3.63) is 34.1 Å². The summed E-state index contributed by atoms with van der Waals surface area (Å²) >= 11 is 5.67. The highest BCUT2D eigenvalue weighted by Crippen LogP contribution is 2.52. The average Bonchev–Trinajstić information content (AvgIpc) is 2.91. The van der Waals surface area contributed by atoms with Crippen LogP contribution in [0.3, 0.4) is 0 Å². The zero-order chi connectivity index (χ0) is 11.9. The number of benzene rings is 1. The highest BCUT2D eigenvalue weighted by molar-refractivity contribution is 6.30. The standard InChI is InChI=1S/C12H12ClFO2/c1-7-4-9(13)10(14)5-8(7)12(2-3-12)6-11(15)16/h4-5H,2-3,6H2,1H3,(H,15,16). The number of carboxylic acids is 1. The lowest BCUT2D eigenvalue weighted by Gasteiger charge is -2.16. The van der Waals surface area contributed by atoms with Crippen LogP contribution in [0.25, 0.3) is 0 Å². The Bertz CT molecular complexity index is 453. The molecule has 1 aromatic rings. The van der Waals surface area contributed by atoms with Crippen LogP contribution in [0.5, 0.6) is 0 Å². The van der Waals surface area contributed by atoms with Crippen LogP contribution in [0, 0.1) is 12.7 Å². The molecule has 1 fully saturated rings. The summed E-state index contributed by atoms with van der Waals surface area (Å²) in [6.45, 7) is 1.84. The second-order valence-electron chi connectivity index (χ2n) is 4.43. The van der Waals surface area contributed by atoms with E-state index in [-0.39, 0.29) is 16.9 Å². The van der Waals surface area contributed by atoms with E-state index in [4.69, 9.17) is 16.7 Å². The minimum absolute atomic E-state index is 0.0644. The van der Waals surface area contributed by atoms with Crippen LogP contribution < -0.4 is 0 Å². The van der Waals surface area contributed by atoms with Gasteiger partial charge in [-0.2, -0.15) is 0 Å². The summed E-state index contributed by atoms with van der Waals surface area (Å²) in [5, 5.41) is 8.94. The summed E-state index contributed by atoms with van der Waals surface area (Å²) in [6, 6.07) is 2.95. The van der Waals surface area contributed by atoms with Gasteiger partial charge in [0.2, 0.25) is 0 Å². The molecule has 1 N–H and O–H groups in total. The van der Waals surface area contributed by atoms with E-state index < -0.39 is 11.8 Å². The topological polar surface area (TPSA) is 37.3 Å². The van der Waals surface area contributed by atoms with E-state index in [1.807, 2.05) is 6.92 Å². The highest BCUT2D eigenvalue weighted by atomic mass is 35.5. The largest absolute Gasteiger partial charge is 0.481 e. The molecule has 0 saturated heterocycles. The molecule has 16 heavy (non-hydrogen) atoms. The van der Waals surface area contributed by atoms with E-state index in [2.05, 4.69) is 0 Å². The normalized spacial score (nSPS) is 17.2. The molecule has 1 aliphatic rings. The van der Waals surface area contributed by atoms with E-state index >= 15 is 0 Å². The van der Waals surface area contributed by atoms with Gasteiger partial charge in [0.1, 0.15) is 5.82 Å². The second kappa shape index (κ2) is 3.74. The van der Waals surface area contributed by atoms with Crippen molar-refractivity contribution < 1.29 is 14.3 Å². The average molecular weight is 243 g/mol. The third kappa shape index (κ3) is 1.92. The maximum atomic E-state index is 13.4. The maximum Gasteiger partial charge on any atom is 0.304 e. The van der Waals surface area contributed by atoms with Crippen molar-refractivity contribution in [3.63, 3.8) is 0 Å². The highest BCUT2D eigenvalue weighted by Gasteiger charge is 2.47. The third-order valence-corrected chi connectivity index (χ3v) is 3.47. The van der Waals surface area contributed by atoms with Crippen molar-refractivity contribution in [2.75, 3.05) is 0 Å². The lowest BCUT2D eigenvalue weighted by atomic mass is 9.89. The number of aliphatic carboxylic acids is 1. The van der Waals surface area contributed by atoms with Crippen molar-refractivity contribution in [3.8, 4) is 0 Å². The number of hydrogen-bond donors (Lipinski definition) is 1.